The monoisotopic (exact) mass is 333 g/mol. The van der Waals surface area contributed by atoms with Crippen molar-refractivity contribution < 1.29 is 24.2 Å². The zero-order valence-electron chi connectivity index (χ0n) is 13.2. The van der Waals surface area contributed by atoms with Crippen molar-refractivity contribution in [3.63, 3.8) is 0 Å². The Bertz CT molecular complexity index is 677. The molecule has 0 unspecified atom stereocenters. The molecule has 0 bridgehead atoms. The van der Waals surface area contributed by atoms with Gasteiger partial charge in [0.2, 0.25) is 11.8 Å². The van der Waals surface area contributed by atoms with Crippen molar-refractivity contribution >= 4 is 17.7 Å². The zero-order valence-corrected chi connectivity index (χ0v) is 13.2. The number of nitrogens with zero attached hydrogens (tertiary/aromatic N) is 1. The molecule has 8 heteroatoms. The number of methoxy groups -OCH3 is 1. The molecule has 2 aliphatic heterocycles. The van der Waals surface area contributed by atoms with E-state index in [1.165, 1.54) is 12.0 Å². The van der Waals surface area contributed by atoms with Gasteiger partial charge >= 0.3 is 0 Å². The van der Waals surface area contributed by atoms with E-state index in [1.807, 2.05) is 0 Å². The lowest BCUT2D eigenvalue weighted by Gasteiger charge is -2.33. The minimum absolute atomic E-state index is 0.244. The summed E-state index contributed by atoms with van der Waals surface area (Å²) < 4.78 is 5.17. The first kappa shape index (κ1) is 16.3. The molecule has 1 aromatic carbocycles. The standard InChI is InChI=1S/C16H19N3O5/c1-24-13-5-3-2-4-10(13)14(21)17-9-6-12-15(22)18-11(8-20)16(23)19(12)7-9/h2-5,9,11-12,20H,6-8H2,1H3,(H,17,21)(H,18,22)/t9-,11+,12-/m0/s1. The summed E-state index contributed by atoms with van der Waals surface area (Å²) in [7, 11) is 1.49. The molecule has 2 saturated heterocycles. The number of aliphatic hydroxyl groups is 1. The molecule has 128 valence electrons. The van der Waals surface area contributed by atoms with E-state index >= 15 is 0 Å². The van der Waals surface area contributed by atoms with Gasteiger partial charge < -0.3 is 25.4 Å². The molecule has 3 amide bonds. The highest BCUT2D eigenvalue weighted by Gasteiger charge is 2.46. The van der Waals surface area contributed by atoms with Crippen LogP contribution in [0.2, 0.25) is 0 Å². The lowest BCUT2D eigenvalue weighted by molar-refractivity contribution is -0.148. The van der Waals surface area contributed by atoms with Crippen LogP contribution in [0.4, 0.5) is 0 Å². The summed E-state index contributed by atoms with van der Waals surface area (Å²) in [6, 6.07) is 4.99. The molecule has 8 nitrogen and oxygen atoms in total. The molecule has 0 aliphatic carbocycles. The molecule has 3 rings (SSSR count). The highest BCUT2D eigenvalue weighted by atomic mass is 16.5. The predicted molar refractivity (Wildman–Crippen MR) is 83.4 cm³/mol. The molecular formula is C16H19N3O5. The molecule has 3 N–H and O–H groups in total. The topological polar surface area (TPSA) is 108 Å². The van der Waals surface area contributed by atoms with E-state index in [0.717, 1.165) is 0 Å². The van der Waals surface area contributed by atoms with Gasteiger partial charge in [-0.25, -0.2) is 0 Å². The van der Waals surface area contributed by atoms with Gasteiger partial charge in [0, 0.05) is 12.6 Å². The van der Waals surface area contributed by atoms with E-state index in [1.54, 1.807) is 24.3 Å². The zero-order chi connectivity index (χ0) is 17.3. The van der Waals surface area contributed by atoms with Gasteiger partial charge in [-0.15, -0.1) is 0 Å². The van der Waals surface area contributed by atoms with Gasteiger partial charge in [-0.2, -0.15) is 0 Å². The molecule has 2 aliphatic rings. The fraction of sp³-hybridized carbons (Fsp3) is 0.438. The van der Waals surface area contributed by atoms with Crippen LogP contribution in [0, 0.1) is 0 Å². The van der Waals surface area contributed by atoms with Gasteiger partial charge in [-0.1, -0.05) is 12.1 Å². The third-order valence-electron chi connectivity index (χ3n) is 4.37. The van der Waals surface area contributed by atoms with E-state index in [-0.39, 0.29) is 30.3 Å². The highest BCUT2D eigenvalue weighted by molar-refractivity contribution is 5.99. The van der Waals surface area contributed by atoms with Crippen LogP contribution >= 0.6 is 0 Å². The Balaban J connectivity index is 1.71. The van der Waals surface area contributed by atoms with Crippen LogP contribution in [-0.2, 0) is 9.59 Å². The number of piperazine rings is 1. The van der Waals surface area contributed by atoms with Crippen LogP contribution in [-0.4, -0.2) is 66.1 Å². The number of nitrogens with one attached hydrogen (secondary N) is 2. The number of amides is 3. The van der Waals surface area contributed by atoms with E-state index < -0.39 is 18.7 Å². The summed E-state index contributed by atoms with van der Waals surface area (Å²) >= 11 is 0. The van der Waals surface area contributed by atoms with Crippen LogP contribution < -0.4 is 15.4 Å². The maximum Gasteiger partial charge on any atom is 0.255 e. The van der Waals surface area contributed by atoms with Crippen molar-refractivity contribution in [3.8, 4) is 5.75 Å². The van der Waals surface area contributed by atoms with Crippen LogP contribution in [0.1, 0.15) is 16.8 Å². The molecule has 0 spiro atoms. The Morgan fingerprint density at radius 2 is 2.17 bits per heavy atom. The first-order valence-electron chi connectivity index (χ1n) is 7.70. The molecule has 24 heavy (non-hydrogen) atoms. The Morgan fingerprint density at radius 3 is 2.88 bits per heavy atom. The van der Waals surface area contributed by atoms with E-state index in [9.17, 15) is 19.5 Å². The minimum Gasteiger partial charge on any atom is -0.496 e. The molecule has 2 fully saturated rings. The quantitative estimate of drug-likeness (QED) is 0.647. The van der Waals surface area contributed by atoms with Crippen LogP contribution in [0.25, 0.3) is 0 Å². The van der Waals surface area contributed by atoms with Crippen LogP contribution in [0.15, 0.2) is 24.3 Å². The van der Waals surface area contributed by atoms with Gasteiger partial charge in [-0.3, -0.25) is 14.4 Å². The number of benzene rings is 1. The molecule has 1 aromatic rings. The Hall–Kier alpha value is -2.61. The lowest BCUT2D eigenvalue weighted by Crippen LogP contribution is -2.62. The van der Waals surface area contributed by atoms with Crippen LogP contribution in [0.3, 0.4) is 0 Å². The van der Waals surface area contributed by atoms with Crippen molar-refractivity contribution in [1.82, 2.24) is 15.5 Å². The largest absolute Gasteiger partial charge is 0.496 e. The molecule has 3 atom stereocenters. The fourth-order valence-corrected chi connectivity index (χ4v) is 3.18. The number of aliphatic hydroxyl groups excluding tert-OH is 1. The Labute approximate surface area is 138 Å². The number of hydrogen-bond donors (Lipinski definition) is 3. The maximum atomic E-state index is 12.4. The minimum atomic E-state index is -0.905. The summed E-state index contributed by atoms with van der Waals surface area (Å²) in [5.74, 6) is -0.484. The number of carbonyl (C=O) groups is 3. The lowest BCUT2D eigenvalue weighted by atomic mass is 10.1. The van der Waals surface area contributed by atoms with Gasteiger partial charge in [0.1, 0.15) is 17.8 Å². The average Bonchev–Trinajstić information content (AvgIpc) is 3.02. The second kappa shape index (κ2) is 6.48. The van der Waals surface area contributed by atoms with Gasteiger partial charge in [-0.05, 0) is 18.6 Å². The molecule has 0 radical (unpaired) electrons. The molecule has 0 saturated carbocycles. The van der Waals surface area contributed by atoms with E-state index in [4.69, 9.17) is 4.74 Å². The van der Waals surface area contributed by atoms with Gasteiger partial charge in [0.15, 0.2) is 0 Å². The van der Waals surface area contributed by atoms with Gasteiger partial charge in [0.25, 0.3) is 5.91 Å². The molecule has 2 heterocycles. The summed E-state index contributed by atoms with van der Waals surface area (Å²) in [5.41, 5.74) is 0.397. The maximum absolute atomic E-state index is 12.4. The highest BCUT2D eigenvalue weighted by Crippen LogP contribution is 2.24. The number of fused-ring (bicyclic) bond motifs is 1. The Kier molecular flexibility index (Phi) is 4.39. The number of hydrogen-bond acceptors (Lipinski definition) is 5. The number of para-hydroxylation sites is 1. The summed E-state index contributed by atoms with van der Waals surface area (Å²) in [5, 5.41) is 14.5. The van der Waals surface area contributed by atoms with E-state index in [2.05, 4.69) is 10.6 Å². The second-order valence-electron chi connectivity index (χ2n) is 5.86. The second-order valence-corrected chi connectivity index (χ2v) is 5.86. The fourth-order valence-electron chi connectivity index (χ4n) is 3.18. The predicted octanol–water partition coefficient (Wildman–Crippen LogP) is -1.11. The van der Waals surface area contributed by atoms with Crippen molar-refractivity contribution in [3.05, 3.63) is 29.8 Å². The smallest absolute Gasteiger partial charge is 0.255 e. The van der Waals surface area contributed by atoms with Crippen molar-refractivity contribution in [2.45, 2.75) is 24.5 Å². The normalized spacial score (nSPS) is 25.9. The molecule has 0 aromatic heterocycles. The average molecular weight is 333 g/mol. The third-order valence-corrected chi connectivity index (χ3v) is 4.37. The first-order valence-corrected chi connectivity index (χ1v) is 7.70. The summed E-state index contributed by atoms with van der Waals surface area (Å²) in [6.45, 7) is -0.194. The number of carbonyl (C=O) groups excluding carboxylic acids is 3. The first-order chi connectivity index (χ1) is 11.5. The number of rotatable bonds is 4. The Morgan fingerprint density at radius 1 is 1.42 bits per heavy atom. The van der Waals surface area contributed by atoms with Crippen molar-refractivity contribution in [2.24, 2.45) is 0 Å². The SMILES string of the molecule is COc1ccccc1C(=O)N[C@H]1C[C@H]2C(=O)N[C@H](CO)C(=O)N2C1. The van der Waals surface area contributed by atoms with Crippen LogP contribution in [0.5, 0.6) is 5.75 Å². The number of ether oxygens (including phenoxy) is 1. The summed E-state index contributed by atoms with van der Waals surface area (Å²) in [4.78, 5) is 38.1. The summed E-state index contributed by atoms with van der Waals surface area (Å²) in [6.07, 6.45) is 0.344. The van der Waals surface area contributed by atoms with Crippen molar-refractivity contribution in [2.75, 3.05) is 20.3 Å². The van der Waals surface area contributed by atoms with Gasteiger partial charge in [0.05, 0.1) is 19.3 Å². The third kappa shape index (κ3) is 2.80. The van der Waals surface area contributed by atoms with E-state index in [0.29, 0.717) is 17.7 Å². The molecular weight excluding hydrogens is 314 g/mol. The van der Waals surface area contributed by atoms with Crippen molar-refractivity contribution in [1.29, 1.82) is 0 Å².